The molecular formula is C12H6F3N5. The summed E-state index contributed by atoms with van der Waals surface area (Å²) >= 11 is 0. The van der Waals surface area contributed by atoms with Crippen molar-refractivity contribution < 1.29 is 13.2 Å². The number of benzene rings is 1. The van der Waals surface area contributed by atoms with E-state index in [1.807, 2.05) is 0 Å². The van der Waals surface area contributed by atoms with E-state index >= 15 is 0 Å². The summed E-state index contributed by atoms with van der Waals surface area (Å²) in [5.74, 6) is 0. The molecule has 0 amide bonds. The number of imidazole rings is 1. The van der Waals surface area contributed by atoms with E-state index < -0.39 is 11.7 Å². The third kappa shape index (κ3) is 2.15. The first-order valence-electron chi connectivity index (χ1n) is 5.23. The fraction of sp³-hybridized carbons (Fsp3) is 0.0833. The molecule has 0 saturated heterocycles. The summed E-state index contributed by atoms with van der Waals surface area (Å²) in [6.45, 7) is 0. The fourth-order valence-corrected chi connectivity index (χ4v) is 1.71. The molecule has 8 heteroatoms. The van der Waals surface area contributed by atoms with Crippen molar-refractivity contribution in [3.8, 4) is 17.8 Å². The Morgan fingerprint density at radius 3 is 2.45 bits per heavy atom. The molecule has 20 heavy (non-hydrogen) atoms. The van der Waals surface area contributed by atoms with Gasteiger partial charge in [0.05, 0.1) is 11.3 Å². The second kappa shape index (κ2) is 4.59. The smallest absolute Gasteiger partial charge is 0.399 e. The zero-order valence-electron chi connectivity index (χ0n) is 9.81. The number of halogens is 3. The van der Waals surface area contributed by atoms with E-state index in [0.717, 1.165) is 23.0 Å². The van der Waals surface area contributed by atoms with E-state index in [1.165, 1.54) is 6.07 Å². The lowest BCUT2D eigenvalue weighted by Gasteiger charge is -2.14. The van der Waals surface area contributed by atoms with Crippen LogP contribution in [0.2, 0.25) is 0 Å². The molecule has 0 unspecified atom stereocenters. The second-order valence-electron chi connectivity index (χ2n) is 3.81. The third-order valence-corrected chi connectivity index (χ3v) is 2.56. The number of nitriles is 2. The first-order valence-corrected chi connectivity index (χ1v) is 5.23. The maximum Gasteiger partial charge on any atom is 0.418 e. The van der Waals surface area contributed by atoms with Gasteiger partial charge in [0.15, 0.2) is 11.4 Å². The second-order valence-corrected chi connectivity index (χ2v) is 3.81. The average Bonchev–Trinajstić information content (AvgIpc) is 2.80. The van der Waals surface area contributed by atoms with Gasteiger partial charge >= 0.3 is 6.18 Å². The van der Waals surface area contributed by atoms with E-state index in [1.54, 1.807) is 12.1 Å². The molecule has 0 fully saturated rings. The summed E-state index contributed by atoms with van der Waals surface area (Å²) in [6.07, 6.45) is -3.65. The van der Waals surface area contributed by atoms with E-state index in [-0.39, 0.29) is 22.8 Å². The van der Waals surface area contributed by atoms with Crippen molar-refractivity contribution in [2.45, 2.75) is 6.18 Å². The Bertz CT molecular complexity index is 746. The lowest BCUT2D eigenvalue weighted by atomic mass is 10.1. The van der Waals surface area contributed by atoms with Crippen LogP contribution in [0.4, 0.5) is 18.9 Å². The van der Waals surface area contributed by atoms with Gasteiger partial charge in [-0.05, 0) is 18.2 Å². The number of nitrogen functional groups attached to an aromatic ring is 1. The maximum atomic E-state index is 13.0. The first kappa shape index (κ1) is 13.4. The number of rotatable bonds is 1. The van der Waals surface area contributed by atoms with Crippen molar-refractivity contribution in [2.75, 3.05) is 5.73 Å². The highest BCUT2D eigenvalue weighted by Crippen LogP contribution is 2.35. The molecule has 0 radical (unpaired) electrons. The van der Waals surface area contributed by atoms with Crippen molar-refractivity contribution in [1.82, 2.24) is 9.55 Å². The zero-order valence-corrected chi connectivity index (χ0v) is 9.81. The van der Waals surface area contributed by atoms with Crippen LogP contribution in [0.1, 0.15) is 17.0 Å². The van der Waals surface area contributed by atoms with Crippen LogP contribution in [0.15, 0.2) is 24.5 Å². The standard InChI is InChI=1S/C12H6F3N5/c13-12(14,15)8-3-7(18)1-2-10(8)20-6-19-9(4-16)11(20)5-17/h1-3,6H,18H2. The van der Waals surface area contributed by atoms with Crippen LogP contribution >= 0.6 is 0 Å². The number of nitrogens with two attached hydrogens (primary N) is 1. The highest BCUT2D eigenvalue weighted by Gasteiger charge is 2.34. The quantitative estimate of drug-likeness (QED) is 0.809. The molecule has 2 N–H and O–H groups in total. The van der Waals surface area contributed by atoms with Crippen LogP contribution in [0.3, 0.4) is 0 Å². The van der Waals surface area contributed by atoms with E-state index in [9.17, 15) is 13.2 Å². The third-order valence-electron chi connectivity index (χ3n) is 2.56. The van der Waals surface area contributed by atoms with Gasteiger partial charge in [-0.1, -0.05) is 0 Å². The molecule has 2 rings (SSSR count). The van der Waals surface area contributed by atoms with Crippen LogP contribution in [0, 0.1) is 22.7 Å². The van der Waals surface area contributed by atoms with E-state index in [2.05, 4.69) is 4.98 Å². The highest BCUT2D eigenvalue weighted by atomic mass is 19.4. The molecule has 0 bridgehead atoms. The summed E-state index contributed by atoms with van der Waals surface area (Å²) < 4.78 is 39.9. The summed E-state index contributed by atoms with van der Waals surface area (Å²) in [7, 11) is 0. The predicted octanol–water partition coefficient (Wildman–Crippen LogP) is 2.22. The Labute approximate surface area is 111 Å². The van der Waals surface area contributed by atoms with Crippen molar-refractivity contribution >= 4 is 5.69 Å². The topological polar surface area (TPSA) is 91.4 Å². The number of hydrogen-bond acceptors (Lipinski definition) is 4. The molecule has 5 nitrogen and oxygen atoms in total. The zero-order chi connectivity index (χ0) is 14.9. The van der Waals surface area contributed by atoms with Gasteiger partial charge in [0.2, 0.25) is 0 Å². The number of anilines is 1. The van der Waals surface area contributed by atoms with Gasteiger partial charge in [-0.3, -0.25) is 4.57 Å². The van der Waals surface area contributed by atoms with Gasteiger partial charge in [0.1, 0.15) is 18.5 Å². The number of nitrogens with zero attached hydrogens (tertiary/aromatic N) is 4. The lowest BCUT2D eigenvalue weighted by Crippen LogP contribution is -2.12. The highest BCUT2D eigenvalue weighted by molar-refractivity contribution is 5.55. The predicted molar refractivity (Wildman–Crippen MR) is 62.4 cm³/mol. The van der Waals surface area contributed by atoms with E-state index in [0.29, 0.717) is 0 Å². The SMILES string of the molecule is N#Cc1ncn(-c2ccc(N)cc2C(F)(F)F)c1C#N. The van der Waals surface area contributed by atoms with Crippen LogP contribution < -0.4 is 5.73 Å². The van der Waals surface area contributed by atoms with E-state index in [4.69, 9.17) is 16.3 Å². The Kier molecular flexibility index (Phi) is 3.08. The van der Waals surface area contributed by atoms with Crippen molar-refractivity contribution in [3.05, 3.63) is 41.5 Å². The Balaban J connectivity index is 2.75. The van der Waals surface area contributed by atoms with Gasteiger partial charge in [0.25, 0.3) is 0 Å². The van der Waals surface area contributed by atoms with Gasteiger partial charge in [-0.2, -0.15) is 23.7 Å². The Hall–Kier alpha value is -3.00. The molecule has 0 aliphatic heterocycles. The summed E-state index contributed by atoms with van der Waals surface area (Å²) in [4.78, 5) is 3.61. The fourth-order valence-electron chi connectivity index (χ4n) is 1.71. The summed E-state index contributed by atoms with van der Waals surface area (Å²) in [5, 5.41) is 17.7. The molecule has 1 aromatic heterocycles. The van der Waals surface area contributed by atoms with Gasteiger partial charge < -0.3 is 5.73 Å². The normalized spacial score (nSPS) is 10.8. The van der Waals surface area contributed by atoms with Crippen LogP contribution in [-0.4, -0.2) is 9.55 Å². The van der Waals surface area contributed by atoms with Gasteiger partial charge in [-0.15, -0.1) is 0 Å². The number of alkyl halides is 3. The van der Waals surface area contributed by atoms with Gasteiger partial charge in [0, 0.05) is 5.69 Å². The maximum absolute atomic E-state index is 13.0. The van der Waals surface area contributed by atoms with Crippen molar-refractivity contribution in [2.24, 2.45) is 0 Å². The van der Waals surface area contributed by atoms with Crippen LogP contribution in [0.5, 0.6) is 0 Å². The molecule has 1 heterocycles. The molecule has 0 atom stereocenters. The monoisotopic (exact) mass is 277 g/mol. The molecule has 1 aromatic carbocycles. The Morgan fingerprint density at radius 2 is 1.90 bits per heavy atom. The Morgan fingerprint density at radius 1 is 1.20 bits per heavy atom. The molecule has 0 saturated carbocycles. The lowest BCUT2D eigenvalue weighted by molar-refractivity contribution is -0.137. The van der Waals surface area contributed by atoms with Gasteiger partial charge in [-0.25, -0.2) is 4.98 Å². The molecule has 2 aromatic rings. The summed E-state index contributed by atoms with van der Waals surface area (Å²) in [5.41, 5.74) is 3.49. The molecule has 0 spiro atoms. The molecule has 100 valence electrons. The number of aromatic nitrogens is 2. The molecule has 0 aliphatic rings. The van der Waals surface area contributed by atoms with Crippen LogP contribution in [0.25, 0.3) is 5.69 Å². The minimum absolute atomic E-state index is 0.0554. The minimum atomic E-state index is -4.64. The minimum Gasteiger partial charge on any atom is -0.399 e. The van der Waals surface area contributed by atoms with Crippen LogP contribution in [-0.2, 0) is 6.18 Å². The largest absolute Gasteiger partial charge is 0.418 e. The first-order chi connectivity index (χ1) is 9.38. The van der Waals surface area contributed by atoms with Crippen molar-refractivity contribution in [3.63, 3.8) is 0 Å². The molecular weight excluding hydrogens is 271 g/mol. The number of hydrogen-bond donors (Lipinski definition) is 1. The average molecular weight is 277 g/mol. The summed E-state index contributed by atoms with van der Waals surface area (Å²) in [6, 6.07) is 6.48. The molecule has 0 aliphatic carbocycles. The van der Waals surface area contributed by atoms with Crippen molar-refractivity contribution in [1.29, 1.82) is 10.5 Å².